The molecule has 0 bridgehead atoms. The lowest BCUT2D eigenvalue weighted by Gasteiger charge is -2.25. The summed E-state index contributed by atoms with van der Waals surface area (Å²) in [6.07, 6.45) is 0. The Morgan fingerprint density at radius 2 is 2.06 bits per heavy atom. The smallest absolute Gasteiger partial charge is 0.323 e. The topological polar surface area (TPSA) is 78.4 Å². The van der Waals surface area contributed by atoms with Gasteiger partial charge in [0.25, 0.3) is 0 Å². The lowest BCUT2D eigenvalue weighted by molar-refractivity contribution is -0.144. The monoisotopic (exact) mass is 226 g/mol. The van der Waals surface area contributed by atoms with Crippen molar-refractivity contribution in [2.75, 3.05) is 7.11 Å². The summed E-state index contributed by atoms with van der Waals surface area (Å²) >= 11 is 0. The van der Waals surface area contributed by atoms with Crippen LogP contribution in [0.25, 0.3) is 0 Å². The van der Waals surface area contributed by atoms with Crippen molar-refractivity contribution in [3.63, 3.8) is 0 Å². The summed E-state index contributed by atoms with van der Waals surface area (Å²) in [5.74, 6) is 0.721. The Kier molecular flexibility index (Phi) is 3.38. The molecule has 0 spiro atoms. The quantitative estimate of drug-likeness (QED) is 0.780. The van der Waals surface area contributed by atoms with Crippen LogP contribution in [0.5, 0.6) is 0 Å². The number of carbonyl (C=O) groups is 1. The van der Waals surface area contributed by atoms with Crippen molar-refractivity contribution in [3.05, 3.63) is 17.3 Å². The lowest BCUT2D eigenvalue weighted by atomic mass is 9.85. The van der Waals surface area contributed by atoms with Crippen LogP contribution in [0.2, 0.25) is 0 Å². The van der Waals surface area contributed by atoms with Gasteiger partial charge in [0.1, 0.15) is 11.8 Å². The molecule has 0 amide bonds. The molecular weight excluding hydrogens is 208 g/mol. The van der Waals surface area contributed by atoms with E-state index in [1.165, 1.54) is 7.11 Å². The Bertz CT molecular complexity index is 376. The van der Waals surface area contributed by atoms with Crippen molar-refractivity contribution >= 4 is 5.97 Å². The third-order valence-corrected chi connectivity index (χ3v) is 2.81. The van der Waals surface area contributed by atoms with E-state index in [9.17, 15) is 4.79 Å². The number of rotatable bonds is 3. The minimum Gasteiger partial charge on any atom is -0.468 e. The minimum atomic E-state index is -0.796. The van der Waals surface area contributed by atoms with Gasteiger partial charge in [-0.25, -0.2) is 4.98 Å². The maximum absolute atomic E-state index is 11.4. The van der Waals surface area contributed by atoms with Crippen molar-refractivity contribution in [1.82, 2.24) is 4.98 Å². The highest BCUT2D eigenvalue weighted by Crippen LogP contribution is 2.27. The highest BCUT2D eigenvalue weighted by Gasteiger charge is 2.39. The lowest BCUT2D eigenvalue weighted by Crippen LogP contribution is -2.47. The fourth-order valence-corrected chi connectivity index (χ4v) is 1.30. The second kappa shape index (κ2) is 4.25. The number of aryl methyl sites for hydroxylation is 2. The number of carbonyl (C=O) groups excluding carboxylic acids is 1. The van der Waals surface area contributed by atoms with E-state index in [0.29, 0.717) is 5.89 Å². The number of aromatic nitrogens is 1. The first-order valence-electron chi connectivity index (χ1n) is 5.08. The van der Waals surface area contributed by atoms with Gasteiger partial charge in [-0.2, -0.15) is 0 Å². The first kappa shape index (κ1) is 12.7. The molecule has 90 valence electrons. The molecule has 0 aromatic carbocycles. The van der Waals surface area contributed by atoms with E-state index in [-0.39, 0.29) is 0 Å². The normalized spacial score (nSPS) is 13.6. The van der Waals surface area contributed by atoms with Gasteiger partial charge >= 0.3 is 5.97 Å². The van der Waals surface area contributed by atoms with Gasteiger partial charge in [0.2, 0.25) is 5.89 Å². The maximum Gasteiger partial charge on any atom is 0.323 e. The number of hydrogen-bond donors (Lipinski definition) is 1. The van der Waals surface area contributed by atoms with E-state index in [1.54, 1.807) is 13.8 Å². The maximum atomic E-state index is 11.4. The molecule has 0 aliphatic heterocycles. The fourth-order valence-electron chi connectivity index (χ4n) is 1.30. The van der Waals surface area contributed by atoms with Crippen LogP contribution in [0.15, 0.2) is 4.42 Å². The molecule has 0 radical (unpaired) electrons. The van der Waals surface area contributed by atoms with Crippen molar-refractivity contribution in [2.24, 2.45) is 5.73 Å². The van der Waals surface area contributed by atoms with Crippen LogP contribution < -0.4 is 5.73 Å². The Labute approximate surface area is 95.0 Å². The number of ether oxygens (including phenoxy) is 1. The van der Waals surface area contributed by atoms with Gasteiger partial charge in [-0.1, -0.05) is 0 Å². The first-order valence-corrected chi connectivity index (χ1v) is 5.08. The van der Waals surface area contributed by atoms with E-state index in [2.05, 4.69) is 9.72 Å². The molecular formula is C11H18N2O3. The molecule has 5 heteroatoms. The molecule has 1 atom stereocenters. The van der Waals surface area contributed by atoms with E-state index >= 15 is 0 Å². The zero-order valence-electron chi connectivity index (χ0n) is 10.3. The molecule has 0 aliphatic carbocycles. The second-order valence-corrected chi connectivity index (χ2v) is 4.38. The highest BCUT2D eigenvalue weighted by atomic mass is 16.5. The number of hydrogen-bond acceptors (Lipinski definition) is 5. The van der Waals surface area contributed by atoms with Crippen molar-refractivity contribution in [2.45, 2.75) is 39.2 Å². The van der Waals surface area contributed by atoms with Crippen LogP contribution in [0, 0.1) is 13.8 Å². The SMILES string of the molecule is COC(=O)C(N)C(C)(C)c1nc(C)c(C)o1. The molecule has 0 aliphatic rings. The average Bonchev–Trinajstić information content (AvgIpc) is 2.57. The van der Waals surface area contributed by atoms with Gasteiger partial charge < -0.3 is 14.9 Å². The predicted octanol–water partition coefficient (Wildman–Crippen LogP) is 1.07. The van der Waals surface area contributed by atoms with Crippen molar-refractivity contribution < 1.29 is 13.9 Å². The molecule has 1 heterocycles. The Morgan fingerprint density at radius 1 is 1.50 bits per heavy atom. The minimum absolute atomic E-state index is 0.459. The summed E-state index contributed by atoms with van der Waals surface area (Å²) in [5.41, 5.74) is 5.94. The first-order chi connectivity index (χ1) is 7.30. The molecule has 2 N–H and O–H groups in total. The summed E-state index contributed by atoms with van der Waals surface area (Å²) in [6, 6.07) is -0.796. The number of nitrogens with zero attached hydrogens (tertiary/aromatic N) is 1. The van der Waals surface area contributed by atoms with Gasteiger partial charge in [-0.05, 0) is 27.7 Å². The van der Waals surface area contributed by atoms with Crippen LogP contribution >= 0.6 is 0 Å². The van der Waals surface area contributed by atoms with Crippen LogP contribution in [0.3, 0.4) is 0 Å². The number of methoxy groups -OCH3 is 1. The standard InChI is InChI=1S/C11H18N2O3/c1-6-7(2)16-10(13-6)11(3,4)8(12)9(14)15-5/h8H,12H2,1-5H3. The van der Waals surface area contributed by atoms with E-state index in [4.69, 9.17) is 10.2 Å². The number of oxazole rings is 1. The summed E-state index contributed by atoms with van der Waals surface area (Å²) in [4.78, 5) is 15.7. The van der Waals surface area contributed by atoms with Gasteiger partial charge in [0, 0.05) is 0 Å². The zero-order chi connectivity index (χ0) is 12.5. The number of nitrogens with two attached hydrogens (primary N) is 1. The Balaban J connectivity index is 3.05. The molecule has 16 heavy (non-hydrogen) atoms. The molecule has 5 nitrogen and oxygen atoms in total. The summed E-state index contributed by atoms with van der Waals surface area (Å²) < 4.78 is 10.1. The van der Waals surface area contributed by atoms with Crippen molar-refractivity contribution in [1.29, 1.82) is 0 Å². The molecule has 1 rings (SSSR count). The van der Waals surface area contributed by atoms with Gasteiger partial charge in [0.05, 0.1) is 18.2 Å². The predicted molar refractivity (Wildman–Crippen MR) is 59.0 cm³/mol. The van der Waals surface area contributed by atoms with Crippen LogP contribution in [-0.4, -0.2) is 24.1 Å². The van der Waals surface area contributed by atoms with Crippen molar-refractivity contribution in [3.8, 4) is 0 Å². The van der Waals surface area contributed by atoms with Crippen LogP contribution in [0.4, 0.5) is 0 Å². The number of esters is 1. The van der Waals surface area contributed by atoms with E-state index in [1.807, 2.05) is 13.8 Å². The van der Waals surface area contributed by atoms with E-state index in [0.717, 1.165) is 11.5 Å². The Hall–Kier alpha value is -1.36. The van der Waals surface area contributed by atoms with Gasteiger partial charge in [0.15, 0.2) is 0 Å². The van der Waals surface area contributed by atoms with E-state index < -0.39 is 17.4 Å². The second-order valence-electron chi connectivity index (χ2n) is 4.38. The molecule has 1 aromatic rings. The average molecular weight is 226 g/mol. The van der Waals surface area contributed by atoms with Gasteiger partial charge in [-0.15, -0.1) is 0 Å². The third kappa shape index (κ3) is 2.09. The molecule has 0 saturated heterocycles. The van der Waals surface area contributed by atoms with Gasteiger partial charge in [-0.3, -0.25) is 4.79 Å². The summed E-state index contributed by atoms with van der Waals surface area (Å²) in [5, 5.41) is 0. The summed E-state index contributed by atoms with van der Waals surface area (Å²) in [6.45, 7) is 7.28. The fraction of sp³-hybridized carbons (Fsp3) is 0.636. The van der Waals surface area contributed by atoms with Crippen LogP contribution in [-0.2, 0) is 14.9 Å². The molecule has 1 unspecified atom stereocenters. The Morgan fingerprint density at radius 3 is 2.44 bits per heavy atom. The van der Waals surface area contributed by atoms with Crippen LogP contribution in [0.1, 0.15) is 31.2 Å². The molecule has 1 aromatic heterocycles. The largest absolute Gasteiger partial charge is 0.468 e. The molecule has 0 fully saturated rings. The molecule has 0 saturated carbocycles. The highest BCUT2D eigenvalue weighted by molar-refractivity contribution is 5.77. The zero-order valence-corrected chi connectivity index (χ0v) is 10.3. The summed E-state index contributed by atoms with van der Waals surface area (Å²) in [7, 11) is 1.31. The third-order valence-electron chi connectivity index (χ3n) is 2.81.